The number of aromatic nitrogens is 4. The van der Waals surface area contributed by atoms with Gasteiger partial charge in [-0.15, -0.1) is 20.4 Å². The lowest BCUT2D eigenvalue weighted by Gasteiger charge is -2.27. The van der Waals surface area contributed by atoms with Crippen LogP contribution in [-0.4, -0.2) is 56.1 Å². The lowest BCUT2D eigenvalue weighted by molar-refractivity contribution is -0.145. The summed E-state index contributed by atoms with van der Waals surface area (Å²) in [6.45, 7) is 7.70. The van der Waals surface area contributed by atoms with Crippen LogP contribution in [0.3, 0.4) is 0 Å². The number of halogens is 1. The third kappa shape index (κ3) is 7.81. The number of carbonyl (C=O) groups is 2. The fourth-order valence-electron chi connectivity index (χ4n) is 2.38. The molecule has 0 radical (unpaired) electrons. The minimum absolute atomic E-state index is 0.188. The van der Waals surface area contributed by atoms with Crippen molar-refractivity contribution in [3.8, 4) is 11.4 Å². The van der Waals surface area contributed by atoms with Crippen LogP contribution in [0.1, 0.15) is 46.1 Å². The maximum Gasteiger partial charge on any atom is 0.411 e. The standard InChI is InChI=1S/C20H26IN5O4/c1-5-6-9-29-17(27)12-26(19(28)30-20(2,3)4)11-15-8-7-14(10-16(15)21)18-24-22-13-23-25-18/h7-8,10,13H,5-6,9,11-12H2,1-4H3. The number of hydrogen-bond acceptors (Lipinski definition) is 8. The molecule has 2 rings (SSSR count). The van der Waals surface area contributed by atoms with Crippen molar-refractivity contribution in [2.45, 2.75) is 52.7 Å². The summed E-state index contributed by atoms with van der Waals surface area (Å²) in [7, 11) is 0. The maximum atomic E-state index is 12.7. The summed E-state index contributed by atoms with van der Waals surface area (Å²) >= 11 is 2.17. The number of esters is 1. The van der Waals surface area contributed by atoms with E-state index < -0.39 is 17.7 Å². The van der Waals surface area contributed by atoms with Crippen LogP contribution in [0.4, 0.5) is 4.79 Å². The highest BCUT2D eigenvalue weighted by Crippen LogP contribution is 2.22. The molecule has 1 aromatic carbocycles. The minimum Gasteiger partial charge on any atom is -0.464 e. The first-order chi connectivity index (χ1) is 14.2. The van der Waals surface area contributed by atoms with Gasteiger partial charge in [0, 0.05) is 9.13 Å². The Kier molecular flexibility index (Phi) is 8.88. The van der Waals surface area contributed by atoms with Gasteiger partial charge in [-0.05, 0) is 61.4 Å². The van der Waals surface area contributed by atoms with Gasteiger partial charge in [-0.2, -0.15) is 0 Å². The molecule has 0 saturated heterocycles. The maximum absolute atomic E-state index is 12.7. The summed E-state index contributed by atoms with van der Waals surface area (Å²) in [5.74, 6) is -0.0544. The van der Waals surface area contributed by atoms with Crippen molar-refractivity contribution in [3.63, 3.8) is 0 Å². The molecule has 0 N–H and O–H groups in total. The van der Waals surface area contributed by atoms with Crippen LogP contribution in [0.25, 0.3) is 11.4 Å². The molecule has 162 valence electrons. The van der Waals surface area contributed by atoms with E-state index in [1.807, 2.05) is 25.1 Å². The van der Waals surface area contributed by atoms with Crippen LogP contribution in [0.5, 0.6) is 0 Å². The van der Waals surface area contributed by atoms with E-state index in [0.717, 1.165) is 27.5 Å². The van der Waals surface area contributed by atoms with E-state index in [-0.39, 0.29) is 13.1 Å². The third-order valence-electron chi connectivity index (χ3n) is 3.81. The first-order valence-electron chi connectivity index (χ1n) is 9.62. The van der Waals surface area contributed by atoms with E-state index in [2.05, 4.69) is 43.0 Å². The molecule has 0 aliphatic heterocycles. The Labute approximate surface area is 189 Å². The number of benzene rings is 1. The Hall–Kier alpha value is -2.37. The predicted octanol–water partition coefficient (Wildman–Crippen LogP) is 3.62. The van der Waals surface area contributed by atoms with Gasteiger partial charge in [-0.3, -0.25) is 9.69 Å². The quantitative estimate of drug-likeness (QED) is 0.291. The summed E-state index contributed by atoms with van der Waals surface area (Å²) in [6, 6.07) is 5.55. The van der Waals surface area contributed by atoms with E-state index >= 15 is 0 Å². The highest BCUT2D eigenvalue weighted by molar-refractivity contribution is 14.1. The van der Waals surface area contributed by atoms with Crippen molar-refractivity contribution in [2.75, 3.05) is 13.2 Å². The molecular weight excluding hydrogens is 501 g/mol. The first-order valence-corrected chi connectivity index (χ1v) is 10.7. The second-order valence-corrected chi connectivity index (χ2v) is 8.75. The summed E-state index contributed by atoms with van der Waals surface area (Å²) in [6.07, 6.45) is 2.39. The van der Waals surface area contributed by atoms with Crippen LogP contribution < -0.4 is 0 Å². The normalized spacial score (nSPS) is 11.1. The van der Waals surface area contributed by atoms with Crippen molar-refractivity contribution >= 4 is 34.7 Å². The molecule has 0 aliphatic carbocycles. The van der Waals surface area contributed by atoms with E-state index in [1.54, 1.807) is 20.8 Å². The Balaban J connectivity index is 2.17. The van der Waals surface area contributed by atoms with Crippen molar-refractivity contribution in [3.05, 3.63) is 33.7 Å². The van der Waals surface area contributed by atoms with Crippen LogP contribution >= 0.6 is 22.6 Å². The molecule has 1 amide bonds. The van der Waals surface area contributed by atoms with Crippen LogP contribution in [0.15, 0.2) is 24.5 Å². The molecule has 0 bridgehead atoms. The fourth-order valence-corrected chi connectivity index (χ4v) is 3.07. The van der Waals surface area contributed by atoms with Gasteiger partial charge in [0.2, 0.25) is 5.82 Å². The fraction of sp³-hybridized carbons (Fsp3) is 0.500. The highest BCUT2D eigenvalue weighted by atomic mass is 127. The van der Waals surface area contributed by atoms with Gasteiger partial charge < -0.3 is 9.47 Å². The van der Waals surface area contributed by atoms with Gasteiger partial charge in [0.1, 0.15) is 12.1 Å². The third-order valence-corrected chi connectivity index (χ3v) is 4.82. The molecule has 30 heavy (non-hydrogen) atoms. The number of hydrogen-bond donors (Lipinski definition) is 0. The van der Waals surface area contributed by atoms with E-state index in [1.165, 1.54) is 11.2 Å². The lowest BCUT2D eigenvalue weighted by Crippen LogP contribution is -2.40. The summed E-state index contributed by atoms with van der Waals surface area (Å²) < 4.78 is 11.6. The second kappa shape index (κ2) is 11.1. The zero-order valence-corrected chi connectivity index (χ0v) is 19.7. The number of amides is 1. The molecule has 0 fully saturated rings. The van der Waals surface area contributed by atoms with E-state index in [4.69, 9.17) is 9.47 Å². The van der Waals surface area contributed by atoms with Gasteiger partial charge in [0.25, 0.3) is 0 Å². The average Bonchev–Trinajstić information content (AvgIpc) is 2.68. The number of ether oxygens (including phenoxy) is 2. The molecular formula is C20H26IN5O4. The predicted molar refractivity (Wildman–Crippen MR) is 118 cm³/mol. The zero-order chi connectivity index (χ0) is 22.1. The van der Waals surface area contributed by atoms with Gasteiger partial charge >= 0.3 is 12.1 Å². The zero-order valence-electron chi connectivity index (χ0n) is 17.6. The molecule has 0 aliphatic rings. The van der Waals surface area contributed by atoms with Gasteiger partial charge in [0.05, 0.1) is 13.2 Å². The largest absolute Gasteiger partial charge is 0.464 e. The number of unbranched alkanes of at least 4 members (excludes halogenated alkanes) is 1. The van der Waals surface area contributed by atoms with Crippen LogP contribution in [-0.2, 0) is 20.8 Å². The van der Waals surface area contributed by atoms with Crippen molar-refractivity contribution in [2.24, 2.45) is 0 Å². The molecule has 0 spiro atoms. The SMILES string of the molecule is CCCCOC(=O)CN(Cc1ccc(-c2nncnn2)cc1I)C(=O)OC(C)(C)C. The highest BCUT2D eigenvalue weighted by Gasteiger charge is 2.25. The summed E-state index contributed by atoms with van der Waals surface area (Å²) in [5, 5.41) is 15.4. The van der Waals surface area contributed by atoms with Gasteiger partial charge in [-0.1, -0.05) is 25.5 Å². The van der Waals surface area contributed by atoms with Crippen LogP contribution in [0, 0.1) is 3.57 Å². The summed E-state index contributed by atoms with van der Waals surface area (Å²) in [4.78, 5) is 26.2. The Morgan fingerprint density at radius 2 is 1.87 bits per heavy atom. The molecule has 0 unspecified atom stereocenters. The molecule has 2 aromatic rings. The average molecular weight is 527 g/mol. The Morgan fingerprint density at radius 3 is 2.47 bits per heavy atom. The van der Waals surface area contributed by atoms with Crippen molar-refractivity contribution in [1.29, 1.82) is 0 Å². The molecule has 0 saturated carbocycles. The molecule has 10 heteroatoms. The lowest BCUT2D eigenvalue weighted by atomic mass is 10.1. The van der Waals surface area contributed by atoms with E-state index in [9.17, 15) is 9.59 Å². The molecule has 1 aromatic heterocycles. The van der Waals surface area contributed by atoms with Gasteiger partial charge in [0.15, 0.2) is 6.33 Å². The van der Waals surface area contributed by atoms with Crippen molar-refractivity contribution < 1.29 is 19.1 Å². The Morgan fingerprint density at radius 1 is 1.17 bits per heavy atom. The van der Waals surface area contributed by atoms with E-state index in [0.29, 0.717) is 12.4 Å². The summed E-state index contributed by atoms with van der Waals surface area (Å²) in [5.41, 5.74) is 0.929. The van der Waals surface area contributed by atoms with Crippen molar-refractivity contribution in [1.82, 2.24) is 25.3 Å². The number of nitrogens with zero attached hydrogens (tertiary/aromatic N) is 5. The monoisotopic (exact) mass is 527 g/mol. The minimum atomic E-state index is -0.677. The number of carbonyl (C=O) groups excluding carboxylic acids is 2. The topological polar surface area (TPSA) is 107 Å². The Bertz CT molecular complexity index is 858. The molecule has 1 heterocycles. The molecule has 9 nitrogen and oxygen atoms in total. The molecule has 0 atom stereocenters. The number of rotatable bonds is 8. The van der Waals surface area contributed by atoms with Gasteiger partial charge in [-0.25, -0.2) is 4.79 Å². The smallest absolute Gasteiger partial charge is 0.411 e. The van der Waals surface area contributed by atoms with Crippen LogP contribution in [0.2, 0.25) is 0 Å². The first kappa shape index (κ1) is 23.9. The second-order valence-electron chi connectivity index (χ2n) is 7.59.